The summed E-state index contributed by atoms with van der Waals surface area (Å²) in [6, 6.07) is 2.55. The number of halogens is 3. The second-order valence-electron chi connectivity index (χ2n) is 5.72. The second kappa shape index (κ2) is 7.39. The molecule has 0 spiro atoms. The van der Waals surface area contributed by atoms with Crippen molar-refractivity contribution in [2.24, 2.45) is 0 Å². The molecule has 1 aliphatic rings. The van der Waals surface area contributed by atoms with Crippen LogP contribution in [0.25, 0.3) is 0 Å². The van der Waals surface area contributed by atoms with E-state index in [1.165, 1.54) is 12.3 Å². The Morgan fingerprint density at radius 1 is 1.36 bits per heavy atom. The van der Waals surface area contributed by atoms with Gasteiger partial charge >= 0.3 is 6.18 Å². The van der Waals surface area contributed by atoms with Gasteiger partial charge in [0.05, 0.1) is 17.9 Å². The van der Waals surface area contributed by atoms with Gasteiger partial charge in [-0.25, -0.2) is 0 Å². The van der Waals surface area contributed by atoms with Gasteiger partial charge < -0.3 is 10.0 Å². The highest BCUT2D eigenvalue weighted by Crippen LogP contribution is 2.32. The third-order valence-corrected chi connectivity index (χ3v) is 4.14. The average molecular weight is 317 g/mol. The van der Waals surface area contributed by atoms with Crippen molar-refractivity contribution in [3.8, 4) is 0 Å². The average Bonchev–Trinajstić information content (AvgIpc) is 2.47. The van der Waals surface area contributed by atoms with Crippen LogP contribution in [-0.4, -0.2) is 59.2 Å². The van der Waals surface area contributed by atoms with E-state index in [4.69, 9.17) is 0 Å². The zero-order valence-electron chi connectivity index (χ0n) is 12.7. The molecule has 1 saturated heterocycles. The molecule has 124 valence electrons. The first-order chi connectivity index (χ1) is 10.4. The summed E-state index contributed by atoms with van der Waals surface area (Å²) < 4.78 is 39.2. The molecule has 0 unspecified atom stereocenters. The Morgan fingerprint density at radius 3 is 2.64 bits per heavy atom. The van der Waals surface area contributed by atoms with Crippen molar-refractivity contribution in [1.29, 1.82) is 0 Å². The normalized spacial score (nSPS) is 18.1. The Balaban J connectivity index is 2.14. The number of aliphatic hydroxyl groups is 1. The van der Waals surface area contributed by atoms with Crippen LogP contribution in [0, 0.1) is 0 Å². The van der Waals surface area contributed by atoms with Crippen molar-refractivity contribution in [2.75, 3.05) is 33.3 Å². The van der Waals surface area contributed by atoms with E-state index in [0.29, 0.717) is 6.54 Å². The van der Waals surface area contributed by atoms with Crippen molar-refractivity contribution in [2.45, 2.75) is 31.6 Å². The van der Waals surface area contributed by atoms with E-state index >= 15 is 0 Å². The molecular weight excluding hydrogens is 295 g/mol. The summed E-state index contributed by atoms with van der Waals surface area (Å²) in [7, 11) is 2.03. The maximum atomic E-state index is 13.1. The number of likely N-dealkylation sites (tertiary alicyclic amines) is 1. The zero-order valence-corrected chi connectivity index (χ0v) is 12.7. The fraction of sp³-hybridized carbons (Fsp3) is 0.667. The molecule has 1 aromatic heterocycles. The number of hydrogen-bond donors (Lipinski definition) is 1. The van der Waals surface area contributed by atoms with E-state index in [9.17, 15) is 18.3 Å². The molecule has 0 bridgehead atoms. The molecule has 0 atom stereocenters. The van der Waals surface area contributed by atoms with Crippen molar-refractivity contribution >= 4 is 0 Å². The van der Waals surface area contributed by atoms with Crippen LogP contribution in [0.4, 0.5) is 13.2 Å². The Kier molecular flexibility index (Phi) is 5.77. The van der Waals surface area contributed by atoms with E-state index in [-0.39, 0.29) is 24.9 Å². The van der Waals surface area contributed by atoms with Gasteiger partial charge in [-0.3, -0.25) is 9.88 Å². The predicted molar refractivity (Wildman–Crippen MR) is 77.3 cm³/mol. The third-order valence-electron chi connectivity index (χ3n) is 4.14. The minimum atomic E-state index is -4.40. The monoisotopic (exact) mass is 317 g/mol. The molecule has 0 radical (unpaired) electrons. The molecule has 0 amide bonds. The first-order valence-corrected chi connectivity index (χ1v) is 7.46. The largest absolute Gasteiger partial charge is 0.418 e. The molecule has 1 fully saturated rings. The molecule has 1 aliphatic heterocycles. The molecule has 4 nitrogen and oxygen atoms in total. The van der Waals surface area contributed by atoms with Gasteiger partial charge in [0.1, 0.15) is 0 Å². The number of pyridine rings is 1. The SMILES string of the molecule is CN1CCC(N(CCO)Cc2ncccc2C(F)(F)F)CC1. The van der Waals surface area contributed by atoms with Gasteiger partial charge in [-0.2, -0.15) is 13.2 Å². The minimum absolute atomic E-state index is 0.0300. The number of hydrogen-bond acceptors (Lipinski definition) is 4. The summed E-state index contributed by atoms with van der Waals surface area (Å²) >= 11 is 0. The molecule has 1 aromatic rings. The van der Waals surface area contributed by atoms with Gasteiger partial charge in [0, 0.05) is 25.3 Å². The van der Waals surface area contributed by atoms with Crippen LogP contribution >= 0.6 is 0 Å². The lowest BCUT2D eigenvalue weighted by molar-refractivity contribution is -0.138. The number of alkyl halides is 3. The van der Waals surface area contributed by atoms with Crippen molar-refractivity contribution < 1.29 is 18.3 Å². The fourth-order valence-corrected chi connectivity index (χ4v) is 2.89. The summed E-state index contributed by atoms with van der Waals surface area (Å²) in [4.78, 5) is 8.05. The number of piperidine rings is 1. The quantitative estimate of drug-likeness (QED) is 0.901. The lowest BCUT2D eigenvalue weighted by atomic mass is 10.0. The summed E-state index contributed by atoms with van der Waals surface area (Å²) in [5.41, 5.74) is -0.659. The van der Waals surface area contributed by atoms with E-state index < -0.39 is 11.7 Å². The highest BCUT2D eigenvalue weighted by Gasteiger charge is 2.35. The Labute approximate surface area is 128 Å². The number of aliphatic hydroxyl groups excluding tert-OH is 1. The Morgan fingerprint density at radius 2 is 2.05 bits per heavy atom. The lowest BCUT2D eigenvalue weighted by Gasteiger charge is -2.37. The van der Waals surface area contributed by atoms with Gasteiger partial charge in [0.25, 0.3) is 0 Å². The van der Waals surface area contributed by atoms with Gasteiger partial charge in [0.2, 0.25) is 0 Å². The van der Waals surface area contributed by atoms with Gasteiger partial charge in [-0.1, -0.05) is 0 Å². The molecule has 22 heavy (non-hydrogen) atoms. The molecular formula is C15H22F3N3O. The van der Waals surface area contributed by atoms with Crippen LogP contribution in [-0.2, 0) is 12.7 Å². The van der Waals surface area contributed by atoms with Crippen LogP contribution in [0.2, 0.25) is 0 Å². The molecule has 2 heterocycles. The highest BCUT2D eigenvalue weighted by molar-refractivity contribution is 5.23. The first kappa shape index (κ1) is 17.2. The number of aromatic nitrogens is 1. The summed E-state index contributed by atoms with van der Waals surface area (Å²) in [5, 5.41) is 9.23. The van der Waals surface area contributed by atoms with Crippen LogP contribution in [0.5, 0.6) is 0 Å². The van der Waals surface area contributed by atoms with Crippen LogP contribution in [0.3, 0.4) is 0 Å². The smallest absolute Gasteiger partial charge is 0.395 e. The van der Waals surface area contributed by atoms with Crippen LogP contribution < -0.4 is 0 Å². The summed E-state index contributed by atoms with van der Waals surface area (Å²) in [6.45, 7) is 2.25. The van der Waals surface area contributed by atoms with E-state index in [0.717, 1.165) is 32.0 Å². The molecule has 1 N–H and O–H groups in total. The molecule has 2 rings (SSSR count). The third kappa shape index (κ3) is 4.41. The Hall–Kier alpha value is -1.18. The molecule has 7 heteroatoms. The summed E-state index contributed by atoms with van der Waals surface area (Å²) in [6.07, 6.45) is -1.23. The zero-order chi connectivity index (χ0) is 16.2. The predicted octanol–water partition coefficient (Wildman–Crippen LogP) is 1.99. The topological polar surface area (TPSA) is 39.6 Å². The number of nitrogens with zero attached hydrogens (tertiary/aromatic N) is 3. The minimum Gasteiger partial charge on any atom is -0.395 e. The highest BCUT2D eigenvalue weighted by atomic mass is 19.4. The fourth-order valence-electron chi connectivity index (χ4n) is 2.89. The standard InChI is InChI=1S/C15H22F3N3O/c1-20-7-4-12(5-8-20)21(9-10-22)11-14-13(15(16,17)18)3-2-6-19-14/h2-3,6,12,22H,4-5,7-11H2,1H3. The van der Waals surface area contributed by atoms with Gasteiger partial charge in [0.15, 0.2) is 0 Å². The summed E-state index contributed by atoms with van der Waals surface area (Å²) in [5.74, 6) is 0. The van der Waals surface area contributed by atoms with E-state index in [1.807, 2.05) is 11.9 Å². The second-order valence-corrected chi connectivity index (χ2v) is 5.72. The maximum absolute atomic E-state index is 13.1. The van der Waals surface area contributed by atoms with Gasteiger partial charge in [-0.15, -0.1) is 0 Å². The molecule has 0 aromatic carbocycles. The van der Waals surface area contributed by atoms with Crippen molar-refractivity contribution in [3.05, 3.63) is 29.6 Å². The molecule has 0 saturated carbocycles. The van der Waals surface area contributed by atoms with Crippen molar-refractivity contribution in [3.63, 3.8) is 0 Å². The van der Waals surface area contributed by atoms with Crippen LogP contribution in [0.15, 0.2) is 18.3 Å². The lowest BCUT2D eigenvalue weighted by Crippen LogP contribution is -2.44. The first-order valence-electron chi connectivity index (χ1n) is 7.46. The van der Waals surface area contributed by atoms with E-state index in [2.05, 4.69) is 9.88 Å². The number of rotatable bonds is 5. The van der Waals surface area contributed by atoms with E-state index in [1.54, 1.807) is 0 Å². The van der Waals surface area contributed by atoms with Crippen molar-refractivity contribution in [1.82, 2.24) is 14.8 Å². The molecule has 0 aliphatic carbocycles. The van der Waals surface area contributed by atoms with Gasteiger partial charge in [-0.05, 0) is 45.1 Å². The maximum Gasteiger partial charge on any atom is 0.418 e. The Bertz CT molecular complexity index is 473. The van der Waals surface area contributed by atoms with Crippen LogP contribution in [0.1, 0.15) is 24.1 Å².